The molecular weight excluding hydrogens is 424 g/mol. The summed E-state index contributed by atoms with van der Waals surface area (Å²) in [6.07, 6.45) is 18.4. The molecule has 1 aromatic rings. The van der Waals surface area contributed by atoms with E-state index in [0.29, 0.717) is 0 Å². The number of likely N-dealkylation sites (N-methyl/N-ethyl adjacent to an activating group) is 1. The van der Waals surface area contributed by atoms with Crippen molar-refractivity contribution in [3.63, 3.8) is 0 Å². The molecule has 0 heterocycles. The average Bonchev–Trinajstić information content (AvgIpc) is 3.60. The Kier molecular flexibility index (Phi) is 10.2. The Balaban J connectivity index is 1.93. The Hall–Kier alpha value is -0.860. The summed E-state index contributed by atoms with van der Waals surface area (Å²) in [6, 6.07) is 0. The Labute approximate surface area is 218 Å². The lowest BCUT2D eigenvalue weighted by atomic mass is 9.71. The van der Waals surface area contributed by atoms with Crippen LogP contribution in [0.1, 0.15) is 156 Å². The van der Waals surface area contributed by atoms with Crippen LogP contribution in [0.3, 0.4) is 0 Å². The molecule has 3 aliphatic carbocycles. The molecule has 3 aliphatic rings. The van der Waals surface area contributed by atoms with Crippen LogP contribution in [0.2, 0.25) is 0 Å². The van der Waals surface area contributed by atoms with E-state index < -0.39 is 0 Å². The average molecular weight is 481 g/mol. The summed E-state index contributed by atoms with van der Waals surface area (Å²) in [5, 5.41) is 0. The summed E-state index contributed by atoms with van der Waals surface area (Å²) < 4.78 is 0. The van der Waals surface area contributed by atoms with Crippen LogP contribution in [0.25, 0.3) is 0 Å². The molecule has 0 aliphatic heterocycles. The van der Waals surface area contributed by atoms with Crippen LogP contribution in [-0.2, 0) is 19.4 Å². The quantitative estimate of drug-likeness (QED) is 0.279. The third-order valence-corrected chi connectivity index (χ3v) is 9.92. The van der Waals surface area contributed by atoms with Crippen molar-refractivity contribution in [2.45, 2.75) is 142 Å². The van der Waals surface area contributed by atoms with Crippen LogP contribution in [0.15, 0.2) is 0 Å². The summed E-state index contributed by atoms with van der Waals surface area (Å²) in [7, 11) is 0. The number of nitrogens with zero attached hydrogens (tertiary/aromatic N) is 2. The van der Waals surface area contributed by atoms with Crippen LogP contribution in [-0.4, -0.2) is 42.5 Å². The third-order valence-electron chi connectivity index (χ3n) is 9.92. The van der Waals surface area contributed by atoms with Crippen LogP contribution in [0.5, 0.6) is 0 Å². The first-order valence-corrected chi connectivity index (χ1v) is 15.8. The summed E-state index contributed by atoms with van der Waals surface area (Å²) in [6.45, 7) is 19.0. The molecule has 3 saturated carbocycles. The van der Waals surface area contributed by atoms with Crippen molar-refractivity contribution in [2.75, 3.05) is 32.7 Å². The zero-order valence-electron chi connectivity index (χ0n) is 24.1. The molecule has 198 valence electrons. The Morgan fingerprint density at radius 1 is 0.514 bits per heavy atom. The second kappa shape index (κ2) is 13.1. The number of hydrogen-bond donors (Lipinski definition) is 0. The standard InChI is InChI=1S/C33H56N2/c1-6-28-30(24-35(9-4)10-5)29(22-23-34(7-2)8-3)32(27-20-21-27)33(26-18-14-15-19-26)31(28)25-16-12-11-13-17-25/h25-27H,6-24H2,1-5H3. The summed E-state index contributed by atoms with van der Waals surface area (Å²) >= 11 is 0. The summed E-state index contributed by atoms with van der Waals surface area (Å²) in [4.78, 5) is 5.36. The first-order valence-electron chi connectivity index (χ1n) is 15.8. The van der Waals surface area contributed by atoms with Crippen molar-refractivity contribution >= 4 is 0 Å². The molecule has 0 aromatic heterocycles. The van der Waals surface area contributed by atoms with Gasteiger partial charge in [0.2, 0.25) is 0 Å². The predicted molar refractivity (Wildman–Crippen MR) is 153 cm³/mol. The minimum absolute atomic E-state index is 0.832. The molecule has 0 spiro atoms. The molecule has 0 radical (unpaired) electrons. The van der Waals surface area contributed by atoms with E-state index in [-0.39, 0.29) is 0 Å². The minimum atomic E-state index is 0.832. The highest BCUT2D eigenvalue weighted by molar-refractivity contribution is 5.57. The maximum absolute atomic E-state index is 2.70. The van der Waals surface area contributed by atoms with Crippen molar-refractivity contribution in [3.05, 3.63) is 33.4 Å². The maximum atomic E-state index is 2.70. The number of rotatable bonds is 13. The highest BCUT2D eigenvalue weighted by atomic mass is 15.1. The fourth-order valence-electron chi connectivity index (χ4n) is 7.69. The van der Waals surface area contributed by atoms with E-state index >= 15 is 0 Å². The molecule has 3 fully saturated rings. The molecule has 2 heteroatoms. The van der Waals surface area contributed by atoms with E-state index in [1.807, 2.05) is 27.8 Å². The molecule has 0 saturated heterocycles. The first kappa shape index (κ1) is 27.2. The van der Waals surface area contributed by atoms with Gasteiger partial charge in [0, 0.05) is 13.1 Å². The summed E-state index contributed by atoms with van der Waals surface area (Å²) in [5.41, 5.74) is 11.2. The van der Waals surface area contributed by atoms with Gasteiger partial charge in [-0.3, -0.25) is 4.90 Å². The van der Waals surface area contributed by atoms with E-state index in [0.717, 1.165) is 30.8 Å². The highest BCUT2D eigenvalue weighted by Crippen LogP contribution is 2.53. The monoisotopic (exact) mass is 480 g/mol. The van der Waals surface area contributed by atoms with Gasteiger partial charge >= 0.3 is 0 Å². The predicted octanol–water partition coefficient (Wildman–Crippen LogP) is 8.56. The van der Waals surface area contributed by atoms with Crippen molar-refractivity contribution in [1.29, 1.82) is 0 Å². The lowest BCUT2D eigenvalue weighted by Crippen LogP contribution is -2.29. The number of hydrogen-bond acceptors (Lipinski definition) is 2. The normalized spacial score (nSPS) is 20.0. The third kappa shape index (κ3) is 6.18. The molecule has 0 unspecified atom stereocenters. The molecule has 0 atom stereocenters. The Morgan fingerprint density at radius 3 is 1.51 bits per heavy atom. The second-order valence-corrected chi connectivity index (χ2v) is 11.9. The lowest BCUT2D eigenvalue weighted by molar-refractivity contribution is 0.289. The van der Waals surface area contributed by atoms with Crippen LogP contribution in [0, 0.1) is 0 Å². The molecule has 0 bridgehead atoms. The van der Waals surface area contributed by atoms with E-state index in [4.69, 9.17) is 0 Å². The van der Waals surface area contributed by atoms with Gasteiger partial charge in [-0.1, -0.05) is 66.7 Å². The highest BCUT2D eigenvalue weighted by Gasteiger charge is 2.38. The minimum Gasteiger partial charge on any atom is -0.304 e. The van der Waals surface area contributed by atoms with E-state index in [9.17, 15) is 0 Å². The van der Waals surface area contributed by atoms with Crippen molar-refractivity contribution < 1.29 is 0 Å². The molecule has 2 nitrogen and oxygen atoms in total. The smallest absolute Gasteiger partial charge is 0.0239 e. The van der Waals surface area contributed by atoms with E-state index in [1.165, 1.54) is 110 Å². The molecule has 35 heavy (non-hydrogen) atoms. The van der Waals surface area contributed by atoms with Crippen molar-refractivity contribution in [2.24, 2.45) is 0 Å². The van der Waals surface area contributed by atoms with Crippen molar-refractivity contribution in [1.82, 2.24) is 9.80 Å². The maximum Gasteiger partial charge on any atom is 0.0239 e. The molecule has 1 aromatic carbocycles. The molecular formula is C33H56N2. The fraction of sp³-hybridized carbons (Fsp3) is 0.818. The molecule has 4 rings (SSSR count). The topological polar surface area (TPSA) is 6.48 Å². The van der Waals surface area contributed by atoms with Crippen LogP contribution in [0.4, 0.5) is 0 Å². The SMILES string of the molecule is CCc1c(CN(CC)CC)c(CCN(CC)CC)c(C2CC2)c(C2CCCC2)c1C1CCCCC1. The van der Waals surface area contributed by atoms with Gasteiger partial charge in [0.05, 0.1) is 0 Å². The second-order valence-electron chi connectivity index (χ2n) is 11.9. The van der Waals surface area contributed by atoms with Gasteiger partial charge in [-0.25, -0.2) is 0 Å². The lowest BCUT2D eigenvalue weighted by Gasteiger charge is -2.36. The van der Waals surface area contributed by atoms with Gasteiger partial charge in [-0.05, 0) is 129 Å². The van der Waals surface area contributed by atoms with Crippen LogP contribution < -0.4 is 0 Å². The molecule has 0 amide bonds. The van der Waals surface area contributed by atoms with Crippen LogP contribution >= 0.6 is 0 Å². The largest absolute Gasteiger partial charge is 0.304 e. The van der Waals surface area contributed by atoms with Gasteiger partial charge in [0.15, 0.2) is 0 Å². The van der Waals surface area contributed by atoms with Gasteiger partial charge in [0.1, 0.15) is 0 Å². The van der Waals surface area contributed by atoms with Gasteiger partial charge < -0.3 is 4.90 Å². The van der Waals surface area contributed by atoms with Crippen molar-refractivity contribution in [3.8, 4) is 0 Å². The van der Waals surface area contributed by atoms with E-state index in [1.54, 1.807) is 5.56 Å². The zero-order chi connectivity index (χ0) is 24.8. The Bertz CT molecular complexity index is 788. The zero-order valence-corrected chi connectivity index (χ0v) is 24.1. The van der Waals surface area contributed by atoms with Gasteiger partial charge in [-0.15, -0.1) is 0 Å². The van der Waals surface area contributed by atoms with E-state index in [2.05, 4.69) is 44.4 Å². The summed E-state index contributed by atoms with van der Waals surface area (Å²) in [5.74, 6) is 2.54. The fourth-order valence-corrected chi connectivity index (χ4v) is 7.69. The van der Waals surface area contributed by atoms with Gasteiger partial charge in [-0.2, -0.15) is 0 Å². The molecule has 0 N–H and O–H groups in total. The van der Waals surface area contributed by atoms with Gasteiger partial charge in [0.25, 0.3) is 0 Å². The first-order chi connectivity index (χ1) is 17.2. The Morgan fingerprint density at radius 2 is 1.00 bits per heavy atom. The number of benzene rings is 1.